The number of aromatic nitrogens is 1. The van der Waals surface area contributed by atoms with Crippen LogP contribution >= 0.6 is 11.6 Å². The number of aryl methyl sites for hydroxylation is 1. The second-order valence-corrected chi connectivity index (χ2v) is 7.74. The number of halogens is 1. The zero-order valence-corrected chi connectivity index (χ0v) is 17.2. The van der Waals surface area contributed by atoms with Crippen LogP contribution < -0.4 is 0 Å². The van der Waals surface area contributed by atoms with Gasteiger partial charge < -0.3 is 4.57 Å². The van der Waals surface area contributed by atoms with E-state index in [1.165, 1.54) is 67.3 Å². The van der Waals surface area contributed by atoms with Gasteiger partial charge in [0.15, 0.2) is 0 Å². The third kappa shape index (κ3) is 5.38. The second kappa shape index (κ2) is 10.1. The molecule has 138 valence electrons. The second-order valence-electron chi connectivity index (χ2n) is 7.30. The highest BCUT2D eigenvalue weighted by Gasteiger charge is 2.16. The maximum atomic E-state index is 6.10. The van der Waals surface area contributed by atoms with E-state index in [-0.39, 0.29) is 0 Å². The van der Waals surface area contributed by atoms with Crippen LogP contribution in [-0.2, 0) is 6.42 Å². The van der Waals surface area contributed by atoms with Crippen LogP contribution in [0.1, 0.15) is 83.0 Å². The van der Waals surface area contributed by atoms with Crippen molar-refractivity contribution in [2.75, 3.05) is 0 Å². The lowest BCUT2D eigenvalue weighted by atomic mass is 9.98. The van der Waals surface area contributed by atoms with Crippen LogP contribution in [-0.4, -0.2) is 4.57 Å². The number of hydrogen-bond donors (Lipinski definition) is 0. The van der Waals surface area contributed by atoms with E-state index in [0.717, 1.165) is 11.4 Å². The van der Waals surface area contributed by atoms with Crippen molar-refractivity contribution in [2.45, 2.75) is 85.1 Å². The molecule has 1 unspecified atom stereocenters. The van der Waals surface area contributed by atoms with Crippen molar-refractivity contribution in [2.24, 2.45) is 0 Å². The molecule has 0 bridgehead atoms. The van der Waals surface area contributed by atoms with Gasteiger partial charge in [-0.15, -0.1) is 0 Å². The minimum atomic E-state index is 0.546. The number of benzene rings is 1. The Hall–Kier alpha value is -1.21. The van der Waals surface area contributed by atoms with Gasteiger partial charge in [-0.05, 0) is 56.4 Å². The molecule has 0 fully saturated rings. The van der Waals surface area contributed by atoms with Gasteiger partial charge in [0.1, 0.15) is 0 Å². The Morgan fingerprint density at radius 2 is 1.60 bits per heavy atom. The van der Waals surface area contributed by atoms with Crippen LogP contribution in [0.5, 0.6) is 0 Å². The van der Waals surface area contributed by atoms with E-state index in [1.807, 2.05) is 12.1 Å². The first kappa shape index (κ1) is 20.1. The van der Waals surface area contributed by atoms with E-state index in [1.54, 1.807) is 0 Å². The van der Waals surface area contributed by atoms with Crippen LogP contribution in [0.2, 0.25) is 5.02 Å². The summed E-state index contributed by atoms with van der Waals surface area (Å²) in [6.45, 7) is 9.12. The molecule has 0 aliphatic carbocycles. The minimum absolute atomic E-state index is 0.546. The van der Waals surface area contributed by atoms with Gasteiger partial charge >= 0.3 is 0 Å². The summed E-state index contributed by atoms with van der Waals surface area (Å²) in [4.78, 5) is 0. The topological polar surface area (TPSA) is 4.93 Å². The first-order chi connectivity index (χ1) is 12.1. The molecule has 0 N–H and O–H groups in total. The van der Waals surface area contributed by atoms with E-state index in [2.05, 4.69) is 50.6 Å². The fraction of sp³-hybridized carbons (Fsp3) is 0.565. The molecule has 0 saturated heterocycles. The molecule has 1 nitrogen and oxygen atoms in total. The molecule has 0 saturated carbocycles. The molecule has 1 aromatic carbocycles. The normalized spacial score (nSPS) is 12.5. The molecule has 0 amide bonds. The van der Waals surface area contributed by atoms with E-state index in [4.69, 9.17) is 11.6 Å². The van der Waals surface area contributed by atoms with Crippen molar-refractivity contribution in [3.8, 4) is 11.1 Å². The van der Waals surface area contributed by atoms with Crippen molar-refractivity contribution in [3.63, 3.8) is 0 Å². The molecule has 0 aliphatic rings. The van der Waals surface area contributed by atoms with Crippen molar-refractivity contribution in [3.05, 3.63) is 46.7 Å². The summed E-state index contributed by atoms with van der Waals surface area (Å²) in [5.74, 6) is 0. The molecule has 1 aromatic heterocycles. The zero-order chi connectivity index (χ0) is 18.2. The number of nitrogens with zero attached hydrogens (tertiary/aromatic N) is 1. The van der Waals surface area contributed by atoms with E-state index < -0.39 is 0 Å². The Labute approximate surface area is 159 Å². The van der Waals surface area contributed by atoms with Crippen LogP contribution in [0.25, 0.3) is 11.1 Å². The van der Waals surface area contributed by atoms with E-state index in [9.17, 15) is 0 Å². The summed E-state index contributed by atoms with van der Waals surface area (Å²) in [6.07, 6.45) is 12.8. The average Bonchev–Trinajstić information content (AvgIpc) is 2.94. The Balaban J connectivity index is 2.19. The van der Waals surface area contributed by atoms with Crippen LogP contribution in [0.3, 0.4) is 0 Å². The van der Waals surface area contributed by atoms with Gasteiger partial charge in [0, 0.05) is 28.5 Å². The predicted molar refractivity (Wildman–Crippen MR) is 112 cm³/mol. The van der Waals surface area contributed by atoms with E-state index in [0.29, 0.717) is 6.04 Å². The van der Waals surface area contributed by atoms with Crippen LogP contribution in [0.4, 0.5) is 0 Å². The molecule has 25 heavy (non-hydrogen) atoms. The highest BCUT2D eigenvalue weighted by Crippen LogP contribution is 2.33. The molecular weight excluding hydrogens is 326 g/mol. The summed E-state index contributed by atoms with van der Waals surface area (Å²) in [5.41, 5.74) is 5.60. The Morgan fingerprint density at radius 1 is 0.960 bits per heavy atom. The molecule has 1 heterocycles. The third-order valence-electron chi connectivity index (χ3n) is 5.36. The number of rotatable bonds is 10. The Kier molecular flexibility index (Phi) is 8.09. The molecule has 2 rings (SSSR count). The summed E-state index contributed by atoms with van der Waals surface area (Å²) in [5, 5.41) is 0.806. The van der Waals surface area contributed by atoms with Crippen molar-refractivity contribution in [1.82, 2.24) is 4.57 Å². The maximum Gasteiger partial charge on any atom is 0.0406 e. The van der Waals surface area contributed by atoms with Crippen molar-refractivity contribution < 1.29 is 0 Å². The lowest BCUT2D eigenvalue weighted by Gasteiger charge is -2.14. The van der Waals surface area contributed by atoms with Gasteiger partial charge in [-0.3, -0.25) is 0 Å². The molecule has 0 aliphatic heterocycles. The van der Waals surface area contributed by atoms with Gasteiger partial charge in [0.05, 0.1) is 0 Å². The molecule has 2 heteroatoms. The molecular formula is C23H34ClN. The monoisotopic (exact) mass is 359 g/mol. The average molecular weight is 360 g/mol. The van der Waals surface area contributed by atoms with E-state index >= 15 is 0 Å². The minimum Gasteiger partial charge on any atom is -0.348 e. The quantitative estimate of drug-likeness (QED) is 0.379. The Bertz CT molecular complexity index is 639. The smallest absolute Gasteiger partial charge is 0.0406 e. The standard InChI is InChI=1S/C23H34ClN/c1-5-7-8-9-10-11-12-21-17-25(18(3)6-2)19(4)23(21)20-13-15-22(24)16-14-20/h13-18H,5-12H2,1-4H3. The summed E-state index contributed by atoms with van der Waals surface area (Å²) in [6, 6.07) is 8.88. The SMILES string of the molecule is CCCCCCCCc1cn(C(C)CC)c(C)c1-c1ccc(Cl)cc1. The largest absolute Gasteiger partial charge is 0.348 e. The molecule has 2 aromatic rings. The van der Waals surface area contributed by atoms with Gasteiger partial charge in [-0.25, -0.2) is 0 Å². The predicted octanol–water partition coefficient (Wildman–Crippen LogP) is 7.99. The Morgan fingerprint density at radius 3 is 2.24 bits per heavy atom. The fourth-order valence-corrected chi connectivity index (χ4v) is 3.77. The lowest BCUT2D eigenvalue weighted by molar-refractivity contribution is 0.521. The highest BCUT2D eigenvalue weighted by atomic mass is 35.5. The van der Waals surface area contributed by atoms with Gasteiger partial charge in [0.25, 0.3) is 0 Å². The van der Waals surface area contributed by atoms with Gasteiger partial charge in [0.2, 0.25) is 0 Å². The van der Waals surface area contributed by atoms with Crippen LogP contribution in [0.15, 0.2) is 30.5 Å². The maximum absolute atomic E-state index is 6.10. The summed E-state index contributed by atoms with van der Waals surface area (Å²) >= 11 is 6.10. The number of hydrogen-bond acceptors (Lipinski definition) is 0. The van der Waals surface area contributed by atoms with Gasteiger partial charge in [-0.2, -0.15) is 0 Å². The molecule has 1 atom stereocenters. The lowest BCUT2D eigenvalue weighted by Crippen LogP contribution is -2.04. The summed E-state index contributed by atoms with van der Waals surface area (Å²) in [7, 11) is 0. The fourth-order valence-electron chi connectivity index (χ4n) is 3.64. The number of unbranched alkanes of at least 4 members (excludes halogenated alkanes) is 5. The highest BCUT2D eigenvalue weighted by molar-refractivity contribution is 6.30. The first-order valence-electron chi connectivity index (χ1n) is 10.0. The van der Waals surface area contributed by atoms with Crippen molar-refractivity contribution in [1.29, 1.82) is 0 Å². The molecule has 0 radical (unpaired) electrons. The zero-order valence-electron chi connectivity index (χ0n) is 16.4. The molecule has 0 spiro atoms. The van der Waals surface area contributed by atoms with Crippen LogP contribution in [0, 0.1) is 6.92 Å². The first-order valence-corrected chi connectivity index (χ1v) is 10.4. The van der Waals surface area contributed by atoms with Crippen molar-refractivity contribution >= 4 is 11.6 Å². The van der Waals surface area contributed by atoms with Gasteiger partial charge in [-0.1, -0.05) is 69.7 Å². The summed E-state index contributed by atoms with van der Waals surface area (Å²) < 4.78 is 2.47. The third-order valence-corrected chi connectivity index (χ3v) is 5.62.